The number of aromatic hydroxyl groups is 1. The van der Waals surface area contributed by atoms with Crippen LogP contribution in [0.2, 0.25) is 0 Å². The van der Waals surface area contributed by atoms with Gasteiger partial charge in [-0.25, -0.2) is 0 Å². The van der Waals surface area contributed by atoms with E-state index in [-0.39, 0.29) is 5.75 Å². The molecule has 1 aromatic heterocycles. The average Bonchev–Trinajstić information content (AvgIpc) is 2.91. The Labute approximate surface area is 99.3 Å². The van der Waals surface area contributed by atoms with Gasteiger partial charge in [-0.05, 0) is 37.7 Å². The highest BCUT2D eigenvalue weighted by atomic mass is 16.5. The topological polar surface area (TPSA) is 58.3 Å². The van der Waals surface area contributed by atoms with Gasteiger partial charge in [0.05, 0.1) is 0 Å². The van der Waals surface area contributed by atoms with Crippen LogP contribution in [0.15, 0.2) is 28.8 Å². The van der Waals surface area contributed by atoms with E-state index in [1.165, 1.54) is 0 Å². The molecule has 1 aliphatic rings. The number of nitrogens with zero attached hydrogens (tertiary/aromatic N) is 1. The Morgan fingerprint density at radius 3 is 2.82 bits per heavy atom. The molecule has 1 unspecified atom stereocenters. The first-order valence-electron chi connectivity index (χ1n) is 5.74. The van der Waals surface area contributed by atoms with Crippen LogP contribution in [0.1, 0.15) is 23.8 Å². The van der Waals surface area contributed by atoms with Gasteiger partial charge in [0, 0.05) is 23.6 Å². The summed E-state index contributed by atoms with van der Waals surface area (Å²) < 4.78 is 5.37. The number of rotatable bonds is 2. The van der Waals surface area contributed by atoms with E-state index in [1.54, 1.807) is 12.1 Å². The standard InChI is InChI=1S/C13H14N2O2/c1-14-10-6-7-11-12(10)13(15-17-11)8-2-4-9(16)5-3-8/h2-5,10,14,16H,6-7H2,1H3. The summed E-state index contributed by atoms with van der Waals surface area (Å²) in [6.07, 6.45) is 1.99. The first-order valence-corrected chi connectivity index (χ1v) is 5.74. The van der Waals surface area contributed by atoms with Crippen molar-refractivity contribution in [2.45, 2.75) is 18.9 Å². The molecule has 88 valence electrons. The van der Waals surface area contributed by atoms with Crippen LogP contribution >= 0.6 is 0 Å². The Hall–Kier alpha value is -1.81. The van der Waals surface area contributed by atoms with Crippen molar-refractivity contribution < 1.29 is 9.63 Å². The minimum Gasteiger partial charge on any atom is -0.508 e. The van der Waals surface area contributed by atoms with E-state index in [0.29, 0.717) is 6.04 Å². The molecule has 0 amide bonds. The summed E-state index contributed by atoms with van der Waals surface area (Å²) in [6, 6.07) is 7.37. The van der Waals surface area contributed by atoms with Gasteiger partial charge in [0.1, 0.15) is 17.2 Å². The van der Waals surface area contributed by atoms with E-state index >= 15 is 0 Å². The molecule has 0 radical (unpaired) electrons. The van der Waals surface area contributed by atoms with Crippen molar-refractivity contribution in [3.63, 3.8) is 0 Å². The largest absolute Gasteiger partial charge is 0.508 e. The predicted molar refractivity (Wildman–Crippen MR) is 63.7 cm³/mol. The highest BCUT2D eigenvalue weighted by molar-refractivity contribution is 5.65. The smallest absolute Gasteiger partial charge is 0.142 e. The number of hydrogen-bond acceptors (Lipinski definition) is 4. The number of phenols is 1. The summed E-state index contributed by atoms with van der Waals surface area (Å²) in [5.74, 6) is 1.24. The van der Waals surface area contributed by atoms with Crippen LogP contribution in [-0.4, -0.2) is 17.3 Å². The number of phenolic OH excluding ortho intramolecular Hbond substituents is 1. The SMILES string of the molecule is CNC1CCc2onc(-c3ccc(O)cc3)c21. The van der Waals surface area contributed by atoms with Crippen molar-refractivity contribution >= 4 is 0 Å². The highest BCUT2D eigenvalue weighted by Crippen LogP contribution is 2.38. The van der Waals surface area contributed by atoms with Crippen molar-refractivity contribution in [2.75, 3.05) is 7.05 Å². The third kappa shape index (κ3) is 1.61. The lowest BCUT2D eigenvalue weighted by Gasteiger charge is -2.09. The van der Waals surface area contributed by atoms with E-state index < -0.39 is 0 Å². The van der Waals surface area contributed by atoms with Crippen LogP contribution < -0.4 is 5.32 Å². The van der Waals surface area contributed by atoms with Crippen LogP contribution in [0.3, 0.4) is 0 Å². The number of fused-ring (bicyclic) bond motifs is 1. The van der Waals surface area contributed by atoms with Crippen LogP contribution in [0.5, 0.6) is 5.75 Å². The van der Waals surface area contributed by atoms with E-state index in [2.05, 4.69) is 10.5 Å². The van der Waals surface area contributed by atoms with Gasteiger partial charge in [-0.15, -0.1) is 0 Å². The van der Waals surface area contributed by atoms with Gasteiger partial charge in [-0.3, -0.25) is 0 Å². The first kappa shape index (κ1) is 10.4. The summed E-state index contributed by atoms with van der Waals surface area (Å²) in [4.78, 5) is 0. The summed E-state index contributed by atoms with van der Waals surface area (Å²) >= 11 is 0. The third-order valence-corrected chi connectivity index (χ3v) is 3.30. The average molecular weight is 230 g/mol. The second-order valence-corrected chi connectivity index (χ2v) is 4.29. The summed E-state index contributed by atoms with van der Waals surface area (Å²) in [7, 11) is 1.95. The fourth-order valence-electron chi connectivity index (χ4n) is 2.41. The molecule has 0 bridgehead atoms. The second-order valence-electron chi connectivity index (χ2n) is 4.29. The molecule has 2 aromatic rings. The van der Waals surface area contributed by atoms with E-state index in [1.807, 2.05) is 19.2 Å². The number of nitrogens with one attached hydrogen (secondary N) is 1. The maximum atomic E-state index is 9.29. The second kappa shape index (κ2) is 3.89. The molecule has 0 aliphatic heterocycles. The van der Waals surface area contributed by atoms with Gasteiger partial charge in [0.25, 0.3) is 0 Å². The molecule has 1 atom stereocenters. The molecule has 2 N–H and O–H groups in total. The Bertz CT molecular complexity index is 531. The minimum absolute atomic E-state index is 0.263. The molecule has 3 rings (SSSR count). The molecule has 17 heavy (non-hydrogen) atoms. The molecule has 0 fully saturated rings. The normalized spacial score (nSPS) is 18.3. The van der Waals surface area contributed by atoms with E-state index in [0.717, 1.165) is 35.4 Å². The number of aromatic nitrogens is 1. The fraction of sp³-hybridized carbons (Fsp3) is 0.308. The number of aryl methyl sites for hydroxylation is 1. The maximum absolute atomic E-state index is 9.29. The summed E-state index contributed by atoms with van der Waals surface area (Å²) in [5, 5.41) is 16.7. The Balaban J connectivity index is 2.07. The molecule has 1 aromatic carbocycles. The molecule has 1 heterocycles. The molecule has 1 aliphatic carbocycles. The molecule has 0 saturated heterocycles. The Morgan fingerprint density at radius 1 is 1.35 bits per heavy atom. The van der Waals surface area contributed by atoms with Crippen molar-refractivity contribution in [1.29, 1.82) is 0 Å². The first-order chi connectivity index (χ1) is 8.29. The van der Waals surface area contributed by atoms with E-state index in [4.69, 9.17) is 4.52 Å². The van der Waals surface area contributed by atoms with Crippen molar-refractivity contribution in [2.24, 2.45) is 0 Å². The maximum Gasteiger partial charge on any atom is 0.142 e. The summed E-state index contributed by atoms with van der Waals surface area (Å²) in [5.41, 5.74) is 3.03. The summed E-state index contributed by atoms with van der Waals surface area (Å²) in [6.45, 7) is 0. The molecule has 4 heteroatoms. The van der Waals surface area contributed by atoms with Crippen molar-refractivity contribution in [1.82, 2.24) is 10.5 Å². The zero-order valence-electron chi connectivity index (χ0n) is 9.60. The van der Waals surface area contributed by atoms with Gasteiger partial charge < -0.3 is 14.9 Å². The highest BCUT2D eigenvalue weighted by Gasteiger charge is 2.29. The van der Waals surface area contributed by atoms with Crippen molar-refractivity contribution in [3.05, 3.63) is 35.6 Å². The minimum atomic E-state index is 0.263. The van der Waals surface area contributed by atoms with Crippen LogP contribution in [0.4, 0.5) is 0 Å². The molecular weight excluding hydrogens is 216 g/mol. The van der Waals surface area contributed by atoms with Gasteiger partial charge in [0.15, 0.2) is 0 Å². The lowest BCUT2D eigenvalue weighted by atomic mass is 10.0. The predicted octanol–water partition coefficient (Wildman–Crippen LogP) is 2.25. The lowest BCUT2D eigenvalue weighted by molar-refractivity contribution is 0.387. The van der Waals surface area contributed by atoms with Crippen LogP contribution in [0.25, 0.3) is 11.3 Å². The van der Waals surface area contributed by atoms with E-state index in [9.17, 15) is 5.11 Å². The van der Waals surface area contributed by atoms with Crippen LogP contribution in [-0.2, 0) is 6.42 Å². The zero-order chi connectivity index (χ0) is 11.8. The fourth-order valence-corrected chi connectivity index (χ4v) is 2.41. The number of hydrogen-bond donors (Lipinski definition) is 2. The molecular formula is C13H14N2O2. The van der Waals surface area contributed by atoms with Gasteiger partial charge >= 0.3 is 0 Å². The molecule has 0 spiro atoms. The van der Waals surface area contributed by atoms with Crippen molar-refractivity contribution in [3.8, 4) is 17.0 Å². The molecule has 0 saturated carbocycles. The van der Waals surface area contributed by atoms with Crippen LogP contribution in [0, 0.1) is 0 Å². The lowest BCUT2D eigenvalue weighted by Crippen LogP contribution is -2.13. The number of benzene rings is 1. The Morgan fingerprint density at radius 2 is 2.12 bits per heavy atom. The molecule has 4 nitrogen and oxygen atoms in total. The van der Waals surface area contributed by atoms with Gasteiger partial charge in [0.2, 0.25) is 0 Å². The van der Waals surface area contributed by atoms with Gasteiger partial charge in [-0.1, -0.05) is 5.16 Å². The zero-order valence-corrected chi connectivity index (χ0v) is 9.60. The monoisotopic (exact) mass is 230 g/mol. The van der Waals surface area contributed by atoms with Gasteiger partial charge in [-0.2, -0.15) is 0 Å². The quantitative estimate of drug-likeness (QED) is 0.830. The third-order valence-electron chi connectivity index (χ3n) is 3.30. The Kier molecular flexibility index (Phi) is 2.37.